The lowest BCUT2D eigenvalue weighted by atomic mass is 10.1. The molecule has 0 saturated carbocycles. The predicted molar refractivity (Wildman–Crippen MR) is 81.7 cm³/mol. The van der Waals surface area contributed by atoms with Crippen LogP contribution in [-0.2, 0) is 9.47 Å². The molecule has 0 amide bonds. The number of nitrogens with one attached hydrogen (secondary N) is 1. The minimum atomic E-state index is -1.31. The monoisotopic (exact) mass is 376 g/mol. The molecule has 0 spiro atoms. The van der Waals surface area contributed by atoms with Crippen molar-refractivity contribution < 1.29 is 19.7 Å². The number of rotatable bonds is 5. The molecular weight excluding hydrogens is 360 g/mol. The van der Waals surface area contributed by atoms with Crippen LogP contribution in [0.3, 0.4) is 0 Å². The molecule has 122 valence electrons. The lowest BCUT2D eigenvalue weighted by Gasteiger charge is -2.17. The first-order valence-electron chi connectivity index (χ1n) is 6.71. The zero-order chi connectivity index (χ0) is 16.3. The van der Waals surface area contributed by atoms with Gasteiger partial charge >= 0.3 is 5.69 Å². The van der Waals surface area contributed by atoms with Crippen LogP contribution in [-0.4, -0.2) is 51.3 Å². The maximum Gasteiger partial charge on any atom is 0.330 e. The van der Waals surface area contributed by atoms with Crippen molar-refractivity contribution >= 4 is 22.0 Å². The minimum Gasteiger partial charge on any atom is -0.387 e. The quantitative estimate of drug-likeness (QED) is 0.641. The summed E-state index contributed by atoms with van der Waals surface area (Å²) in [4.78, 5) is 27.2. The van der Waals surface area contributed by atoms with Gasteiger partial charge in [-0.05, 0) is 18.0 Å². The van der Waals surface area contributed by atoms with Crippen LogP contribution in [0.2, 0.25) is 0 Å². The summed E-state index contributed by atoms with van der Waals surface area (Å²) in [6.07, 6.45) is -1.64. The molecule has 0 radical (unpaired) electrons. The normalized spacial score (nSPS) is 28.5. The Balaban J connectivity index is 2.33. The van der Waals surface area contributed by atoms with Crippen LogP contribution in [0.5, 0.6) is 0 Å². The summed E-state index contributed by atoms with van der Waals surface area (Å²) in [5, 5.41) is 20.1. The van der Waals surface area contributed by atoms with E-state index in [0.29, 0.717) is 6.61 Å². The Morgan fingerprint density at radius 1 is 1.45 bits per heavy atom. The first kappa shape index (κ1) is 17.1. The molecule has 1 aromatic rings. The summed E-state index contributed by atoms with van der Waals surface area (Å²) in [5.41, 5.74) is -1.09. The summed E-state index contributed by atoms with van der Waals surface area (Å²) >= 11 is 3.05. The van der Waals surface area contributed by atoms with Crippen molar-refractivity contribution in [3.63, 3.8) is 0 Å². The second-order valence-electron chi connectivity index (χ2n) is 4.75. The summed E-state index contributed by atoms with van der Waals surface area (Å²) in [6.45, 7) is 2.32. The molecule has 0 aliphatic carbocycles. The van der Waals surface area contributed by atoms with Gasteiger partial charge in [-0.3, -0.25) is 14.3 Å². The average Bonchev–Trinajstić information content (AvgIpc) is 2.76. The highest BCUT2D eigenvalue weighted by atomic mass is 79.9. The number of ether oxygens (including phenoxy) is 2. The van der Waals surface area contributed by atoms with Gasteiger partial charge in [0.05, 0.1) is 12.2 Å². The first-order valence-corrected chi connectivity index (χ1v) is 7.62. The zero-order valence-corrected chi connectivity index (χ0v) is 13.4. The maximum atomic E-state index is 11.9. The topological polar surface area (TPSA) is 114 Å². The van der Waals surface area contributed by atoms with Gasteiger partial charge in [0.2, 0.25) is 0 Å². The fourth-order valence-electron chi connectivity index (χ4n) is 2.21. The number of aliphatic hydroxyl groups is 2. The highest BCUT2D eigenvalue weighted by Gasteiger charge is 2.44. The van der Waals surface area contributed by atoms with Gasteiger partial charge in [0.25, 0.3) is 5.56 Å². The molecule has 9 heteroatoms. The van der Waals surface area contributed by atoms with Crippen molar-refractivity contribution in [2.45, 2.75) is 31.5 Å². The number of nitrogens with zero attached hydrogens (tertiary/aromatic N) is 1. The molecule has 1 aliphatic rings. The molecule has 2 rings (SSSR count). The van der Waals surface area contributed by atoms with Crippen molar-refractivity contribution in [2.75, 3.05) is 13.2 Å². The predicted octanol–water partition coefficient (Wildman–Crippen LogP) is -0.442. The van der Waals surface area contributed by atoms with Gasteiger partial charge in [-0.1, -0.05) is 15.9 Å². The van der Waals surface area contributed by atoms with Crippen LogP contribution in [0.15, 0.2) is 20.8 Å². The van der Waals surface area contributed by atoms with Crippen molar-refractivity contribution in [1.82, 2.24) is 9.55 Å². The van der Waals surface area contributed by atoms with Crippen LogP contribution in [0, 0.1) is 0 Å². The third-order valence-corrected chi connectivity index (χ3v) is 3.60. The first-order chi connectivity index (χ1) is 10.5. The Hall–Kier alpha value is -1.26. The van der Waals surface area contributed by atoms with Crippen LogP contribution in [0.4, 0.5) is 0 Å². The Labute approximate surface area is 134 Å². The minimum absolute atomic E-state index is 0.0947. The summed E-state index contributed by atoms with van der Waals surface area (Å²) in [7, 11) is 0. The maximum absolute atomic E-state index is 11.9. The van der Waals surface area contributed by atoms with Gasteiger partial charge < -0.3 is 19.7 Å². The van der Waals surface area contributed by atoms with Crippen molar-refractivity contribution in [3.05, 3.63) is 37.6 Å². The van der Waals surface area contributed by atoms with Gasteiger partial charge in [0, 0.05) is 12.8 Å². The number of H-pyrrole nitrogens is 1. The van der Waals surface area contributed by atoms with Gasteiger partial charge in [0.1, 0.15) is 18.3 Å². The van der Waals surface area contributed by atoms with E-state index in [1.165, 1.54) is 17.3 Å². The molecule has 1 saturated heterocycles. The van der Waals surface area contributed by atoms with E-state index in [1.807, 2.05) is 0 Å². The van der Waals surface area contributed by atoms with E-state index in [2.05, 4.69) is 20.9 Å². The number of halogens is 1. The second-order valence-corrected chi connectivity index (χ2v) is 5.28. The highest BCUT2D eigenvalue weighted by Crippen LogP contribution is 2.28. The van der Waals surface area contributed by atoms with Gasteiger partial charge in [-0.25, -0.2) is 4.79 Å². The average molecular weight is 377 g/mol. The number of hydrogen-bond donors (Lipinski definition) is 3. The largest absolute Gasteiger partial charge is 0.387 e. The molecule has 1 fully saturated rings. The third-order valence-electron chi connectivity index (χ3n) is 3.34. The molecule has 4 atom stereocenters. The summed E-state index contributed by atoms with van der Waals surface area (Å²) in [6, 6.07) is 0. The molecule has 1 aromatic heterocycles. The van der Waals surface area contributed by atoms with Gasteiger partial charge in [-0.2, -0.15) is 0 Å². The Kier molecular flexibility index (Phi) is 5.70. The standard InChI is InChI=1S/C13H17BrN2O6/c1-2-21-6-8-9(17)10(18)12(22-8)16-5-7(3-4-14)11(19)15-13(16)20/h3-5,8-10,12,17-18H,2,6H2,1H3,(H,15,19,20)/b4-3+/t8-,9-,10+,12-/m1/s1. The van der Waals surface area contributed by atoms with Crippen LogP contribution in [0.1, 0.15) is 18.7 Å². The van der Waals surface area contributed by atoms with E-state index in [1.54, 1.807) is 6.92 Å². The summed E-state index contributed by atoms with van der Waals surface area (Å²) in [5.74, 6) is 0. The lowest BCUT2D eigenvalue weighted by Crippen LogP contribution is -2.38. The van der Waals surface area contributed by atoms with Crippen LogP contribution < -0.4 is 11.2 Å². The van der Waals surface area contributed by atoms with Crippen molar-refractivity contribution in [1.29, 1.82) is 0 Å². The molecule has 8 nitrogen and oxygen atoms in total. The molecule has 22 heavy (non-hydrogen) atoms. The fraction of sp³-hybridized carbons (Fsp3) is 0.538. The molecule has 1 aliphatic heterocycles. The van der Waals surface area contributed by atoms with E-state index in [9.17, 15) is 19.8 Å². The molecular formula is C13H17BrN2O6. The van der Waals surface area contributed by atoms with Crippen molar-refractivity contribution in [3.8, 4) is 0 Å². The Morgan fingerprint density at radius 2 is 2.18 bits per heavy atom. The molecule has 3 N–H and O–H groups in total. The Bertz CT molecular complexity index is 655. The number of hydrogen-bond acceptors (Lipinski definition) is 6. The lowest BCUT2D eigenvalue weighted by molar-refractivity contribution is -0.0669. The fourth-order valence-corrected chi connectivity index (χ4v) is 2.49. The van der Waals surface area contributed by atoms with Crippen molar-refractivity contribution in [2.24, 2.45) is 0 Å². The van der Waals surface area contributed by atoms with E-state index >= 15 is 0 Å². The molecule has 0 aromatic carbocycles. The van der Waals surface area contributed by atoms with E-state index < -0.39 is 35.8 Å². The molecule has 0 unspecified atom stereocenters. The molecule has 0 bridgehead atoms. The van der Waals surface area contributed by atoms with E-state index in [-0.39, 0.29) is 12.2 Å². The Morgan fingerprint density at radius 3 is 2.82 bits per heavy atom. The summed E-state index contributed by atoms with van der Waals surface area (Å²) < 4.78 is 11.7. The number of aromatic amines is 1. The van der Waals surface area contributed by atoms with Gasteiger partial charge in [-0.15, -0.1) is 0 Å². The number of aliphatic hydroxyl groups excluding tert-OH is 2. The van der Waals surface area contributed by atoms with E-state index in [0.717, 1.165) is 4.57 Å². The SMILES string of the molecule is CCOC[C@H]1O[C@@H](n2cc(/C=C/Br)c(=O)[nH]c2=O)[C@@H](O)[C@@H]1O. The van der Waals surface area contributed by atoms with E-state index in [4.69, 9.17) is 9.47 Å². The second kappa shape index (κ2) is 7.34. The third kappa shape index (κ3) is 3.39. The zero-order valence-electron chi connectivity index (χ0n) is 11.8. The van der Waals surface area contributed by atoms with Crippen LogP contribution >= 0.6 is 15.9 Å². The smallest absolute Gasteiger partial charge is 0.330 e. The molecule has 2 heterocycles. The van der Waals surface area contributed by atoms with Gasteiger partial charge in [0.15, 0.2) is 6.23 Å². The number of aromatic nitrogens is 2. The van der Waals surface area contributed by atoms with Crippen LogP contribution in [0.25, 0.3) is 6.08 Å². The highest BCUT2D eigenvalue weighted by molar-refractivity contribution is 9.11.